The van der Waals surface area contributed by atoms with Crippen molar-refractivity contribution in [3.05, 3.63) is 168 Å². The van der Waals surface area contributed by atoms with Crippen LogP contribution < -0.4 is 0 Å². The highest BCUT2D eigenvalue weighted by Gasteiger charge is 2.52. The zero-order chi connectivity index (χ0) is 27.4. The molecule has 3 aliphatic rings. The third-order valence-electron chi connectivity index (χ3n) is 9.66. The van der Waals surface area contributed by atoms with Crippen molar-refractivity contribution in [3.8, 4) is 44.5 Å². The van der Waals surface area contributed by atoms with Crippen molar-refractivity contribution in [2.24, 2.45) is 0 Å². The lowest BCUT2D eigenvalue weighted by atomic mass is 9.68. The third kappa shape index (κ3) is 2.70. The summed E-state index contributed by atoms with van der Waals surface area (Å²) in [5, 5.41) is 2.67. The number of benzene rings is 7. The summed E-state index contributed by atoms with van der Waals surface area (Å²) in [6.45, 7) is 0. The summed E-state index contributed by atoms with van der Waals surface area (Å²) in [7, 11) is 0. The van der Waals surface area contributed by atoms with Gasteiger partial charge in [-0.05, 0) is 96.4 Å². The predicted octanol–water partition coefficient (Wildman–Crippen LogP) is 11.0. The van der Waals surface area contributed by atoms with Gasteiger partial charge in [0.25, 0.3) is 0 Å². The van der Waals surface area contributed by atoms with Gasteiger partial charge in [-0.3, -0.25) is 0 Å². The lowest BCUT2D eigenvalue weighted by Crippen LogP contribution is -2.26. The van der Waals surface area contributed by atoms with E-state index in [-0.39, 0.29) is 5.41 Å². The molecule has 0 amide bonds. The molecule has 0 saturated heterocycles. The zero-order valence-corrected chi connectivity index (χ0v) is 23.6. The molecule has 1 spiro atoms. The molecule has 7 aromatic carbocycles. The van der Waals surface area contributed by atoms with Crippen molar-refractivity contribution in [1.82, 2.24) is 0 Å². The van der Waals surface area contributed by atoms with Gasteiger partial charge in [-0.1, -0.05) is 133 Å². The summed E-state index contributed by atoms with van der Waals surface area (Å²) in [6.07, 6.45) is 0. The predicted molar refractivity (Wildman–Crippen MR) is 175 cm³/mol. The fraction of sp³-hybridized carbons (Fsp3) is 0.0244. The topological polar surface area (TPSA) is 0 Å². The van der Waals surface area contributed by atoms with E-state index in [1.165, 1.54) is 87.3 Å². The van der Waals surface area contributed by atoms with Crippen LogP contribution in [0.5, 0.6) is 0 Å². The van der Waals surface area contributed by atoms with Gasteiger partial charge in [0, 0.05) is 15.2 Å². The molecule has 2 aliphatic carbocycles. The van der Waals surface area contributed by atoms with E-state index in [1.807, 2.05) is 11.8 Å². The lowest BCUT2D eigenvalue weighted by Gasteiger charge is -2.32. The molecule has 194 valence electrons. The first-order chi connectivity index (χ1) is 20.8. The Kier molecular flexibility index (Phi) is 4.41. The van der Waals surface area contributed by atoms with Crippen molar-refractivity contribution in [2.75, 3.05) is 0 Å². The summed E-state index contributed by atoms with van der Waals surface area (Å²) in [5.41, 5.74) is 15.8. The molecular weight excluding hydrogens is 525 g/mol. The summed E-state index contributed by atoms with van der Waals surface area (Å²) in [4.78, 5) is 2.67. The van der Waals surface area contributed by atoms with Crippen LogP contribution in [0.4, 0.5) is 0 Å². The zero-order valence-electron chi connectivity index (χ0n) is 22.8. The van der Waals surface area contributed by atoms with Gasteiger partial charge in [-0.25, -0.2) is 0 Å². The van der Waals surface area contributed by atoms with Gasteiger partial charge in [0.2, 0.25) is 0 Å². The van der Waals surface area contributed by atoms with Gasteiger partial charge in [-0.2, -0.15) is 0 Å². The molecule has 0 unspecified atom stereocenters. The molecule has 0 saturated carbocycles. The van der Waals surface area contributed by atoms with E-state index in [4.69, 9.17) is 0 Å². The van der Waals surface area contributed by atoms with Crippen LogP contribution in [-0.2, 0) is 5.41 Å². The Labute approximate surface area is 249 Å². The Hall–Kier alpha value is -4.85. The second-order valence-electron chi connectivity index (χ2n) is 11.6. The Bertz CT molecular complexity index is 2230. The maximum Gasteiger partial charge on any atom is 0.0731 e. The maximum absolute atomic E-state index is 2.46. The van der Waals surface area contributed by atoms with E-state index < -0.39 is 0 Å². The first-order valence-corrected chi connectivity index (χ1v) is 15.4. The van der Waals surface area contributed by atoms with E-state index in [0.29, 0.717) is 0 Å². The standard InChI is InChI=1S/C41H24S/c1-5-18-34-28(12-1)29-13-2-6-19-35(29)41(34)36-20-7-3-14-30(36)32-17-10-16-27(40(32)41)26-23-25-11-9-22-38-39(25)33(24-26)31-15-4-8-21-37(31)42-38/h1-24H. The Morgan fingerprint density at radius 2 is 0.905 bits per heavy atom. The van der Waals surface area contributed by atoms with Gasteiger partial charge in [0.1, 0.15) is 0 Å². The van der Waals surface area contributed by atoms with Crippen LogP contribution in [0.1, 0.15) is 22.3 Å². The minimum Gasteiger partial charge on any atom is -0.0888 e. The molecule has 0 atom stereocenters. The molecule has 1 aliphatic heterocycles. The van der Waals surface area contributed by atoms with Crippen molar-refractivity contribution in [3.63, 3.8) is 0 Å². The first-order valence-electron chi connectivity index (χ1n) is 14.6. The quantitative estimate of drug-likeness (QED) is 0.197. The first kappa shape index (κ1) is 22.8. The number of rotatable bonds is 1. The minimum atomic E-state index is -0.364. The highest BCUT2D eigenvalue weighted by atomic mass is 32.2. The Balaban J connectivity index is 1.35. The lowest BCUT2D eigenvalue weighted by molar-refractivity contribution is 0.796. The second-order valence-corrected chi connectivity index (χ2v) is 12.7. The van der Waals surface area contributed by atoms with E-state index in [9.17, 15) is 0 Å². The van der Waals surface area contributed by atoms with Crippen LogP contribution in [0, 0.1) is 0 Å². The molecule has 0 fully saturated rings. The van der Waals surface area contributed by atoms with Crippen LogP contribution in [0.3, 0.4) is 0 Å². The van der Waals surface area contributed by atoms with Crippen molar-refractivity contribution >= 4 is 22.5 Å². The smallest absolute Gasteiger partial charge is 0.0731 e. The van der Waals surface area contributed by atoms with Crippen molar-refractivity contribution in [2.45, 2.75) is 15.2 Å². The fourth-order valence-electron chi connectivity index (χ4n) is 8.14. The highest BCUT2D eigenvalue weighted by molar-refractivity contribution is 7.99. The normalized spacial score (nSPS) is 14.3. The molecule has 7 aromatic rings. The van der Waals surface area contributed by atoms with Gasteiger partial charge in [0.15, 0.2) is 0 Å². The number of hydrogen-bond donors (Lipinski definition) is 0. The minimum absolute atomic E-state index is 0.364. The van der Waals surface area contributed by atoms with Gasteiger partial charge >= 0.3 is 0 Å². The fourth-order valence-corrected chi connectivity index (χ4v) is 9.29. The van der Waals surface area contributed by atoms with Crippen LogP contribution in [-0.4, -0.2) is 0 Å². The number of hydrogen-bond acceptors (Lipinski definition) is 1. The van der Waals surface area contributed by atoms with Crippen LogP contribution in [0.25, 0.3) is 55.3 Å². The van der Waals surface area contributed by atoms with Crippen LogP contribution >= 0.6 is 11.8 Å². The number of fused-ring (bicyclic) bond motifs is 12. The highest BCUT2D eigenvalue weighted by Crippen LogP contribution is 2.64. The molecule has 1 heterocycles. The van der Waals surface area contributed by atoms with E-state index in [1.54, 1.807) is 0 Å². The third-order valence-corrected chi connectivity index (χ3v) is 10.8. The van der Waals surface area contributed by atoms with Crippen molar-refractivity contribution in [1.29, 1.82) is 0 Å². The summed E-state index contributed by atoms with van der Waals surface area (Å²) < 4.78 is 0. The molecule has 1 heteroatoms. The summed E-state index contributed by atoms with van der Waals surface area (Å²) in [6, 6.07) is 54.7. The average Bonchev–Trinajstić information content (AvgIpc) is 3.52. The molecule has 0 aromatic heterocycles. The summed E-state index contributed by atoms with van der Waals surface area (Å²) >= 11 is 1.89. The van der Waals surface area contributed by atoms with Gasteiger partial charge in [0.05, 0.1) is 5.41 Å². The van der Waals surface area contributed by atoms with E-state index in [2.05, 4.69) is 146 Å². The average molecular weight is 549 g/mol. The van der Waals surface area contributed by atoms with Gasteiger partial charge in [-0.15, -0.1) is 0 Å². The van der Waals surface area contributed by atoms with E-state index >= 15 is 0 Å². The van der Waals surface area contributed by atoms with E-state index in [0.717, 1.165) is 0 Å². The van der Waals surface area contributed by atoms with Crippen molar-refractivity contribution < 1.29 is 0 Å². The molecule has 0 nitrogen and oxygen atoms in total. The molecule has 0 N–H and O–H groups in total. The van der Waals surface area contributed by atoms with Crippen LogP contribution in [0.15, 0.2) is 155 Å². The molecule has 10 rings (SSSR count). The Morgan fingerprint density at radius 3 is 1.62 bits per heavy atom. The van der Waals surface area contributed by atoms with Gasteiger partial charge < -0.3 is 0 Å². The molecule has 0 bridgehead atoms. The second kappa shape index (κ2) is 8.12. The largest absolute Gasteiger partial charge is 0.0888 e. The SMILES string of the molecule is c1ccc2c(c1)Sc1cccc3cc(-c4cccc5c4C4(c6ccccc6-c6ccccc64)c4ccccc4-5)cc-2c13. The molecule has 42 heavy (non-hydrogen) atoms. The molecule has 0 radical (unpaired) electrons. The van der Waals surface area contributed by atoms with Crippen LogP contribution in [0.2, 0.25) is 0 Å². The Morgan fingerprint density at radius 1 is 0.381 bits per heavy atom. The maximum atomic E-state index is 2.46. The summed E-state index contributed by atoms with van der Waals surface area (Å²) in [5.74, 6) is 0. The molecular formula is C41H24S. The monoisotopic (exact) mass is 548 g/mol.